The minimum absolute atomic E-state index is 0.458. The number of aromatic nitrogens is 1. The van der Waals surface area contributed by atoms with E-state index in [9.17, 15) is 4.39 Å². The quantitative estimate of drug-likeness (QED) is 0.671. The molecule has 3 rings (SSSR count). The van der Waals surface area contributed by atoms with Crippen LogP contribution in [0.15, 0.2) is 65.1 Å². The van der Waals surface area contributed by atoms with Crippen LogP contribution in [0, 0.1) is 6.14 Å². The second-order valence-corrected chi connectivity index (χ2v) is 3.88. The van der Waals surface area contributed by atoms with Crippen molar-refractivity contribution in [1.29, 1.82) is 0 Å². The second kappa shape index (κ2) is 4.45. The van der Waals surface area contributed by atoms with Gasteiger partial charge in [-0.1, -0.05) is 60.7 Å². The number of benzene rings is 2. The molecular formula is C15H10FNO. The number of hydrogen-bond acceptors (Lipinski definition) is 2. The van der Waals surface area contributed by atoms with E-state index in [2.05, 4.69) is 4.98 Å². The van der Waals surface area contributed by atoms with Gasteiger partial charge in [0.1, 0.15) is 5.69 Å². The fourth-order valence-corrected chi connectivity index (χ4v) is 1.87. The molecule has 0 saturated heterocycles. The zero-order valence-electron chi connectivity index (χ0n) is 9.51. The fourth-order valence-electron chi connectivity index (χ4n) is 1.87. The third kappa shape index (κ3) is 1.91. The molecule has 3 aromatic rings. The number of hydrogen-bond donors (Lipinski definition) is 0. The fraction of sp³-hybridized carbons (Fsp3) is 0. The highest BCUT2D eigenvalue weighted by Crippen LogP contribution is 2.31. The zero-order chi connectivity index (χ0) is 12.4. The lowest BCUT2D eigenvalue weighted by molar-refractivity contribution is 0.343. The van der Waals surface area contributed by atoms with Crippen molar-refractivity contribution in [2.75, 3.05) is 0 Å². The molecule has 0 amide bonds. The van der Waals surface area contributed by atoms with Gasteiger partial charge >= 0.3 is 6.14 Å². The van der Waals surface area contributed by atoms with Crippen LogP contribution in [0.3, 0.4) is 0 Å². The molecule has 0 aliphatic rings. The van der Waals surface area contributed by atoms with Crippen LogP contribution in [-0.2, 0) is 0 Å². The van der Waals surface area contributed by atoms with Crippen molar-refractivity contribution in [2.45, 2.75) is 0 Å². The Morgan fingerprint density at radius 3 is 1.94 bits per heavy atom. The van der Waals surface area contributed by atoms with Crippen molar-refractivity contribution in [2.24, 2.45) is 0 Å². The molecular weight excluding hydrogens is 229 g/mol. The Bertz CT molecular complexity index is 590. The average molecular weight is 239 g/mol. The summed E-state index contributed by atoms with van der Waals surface area (Å²) in [7, 11) is 0. The maximum atomic E-state index is 13.3. The van der Waals surface area contributed by atoms with E-state index in [0.29, 0.717) is 11.5 Å². The lowest BCUT2D eigenvalue weighted by Gasteiger charge is -2.00. The molecule has 0 spiro atoms. The maximum Gasteiger partial charge on any atom is 0.382 e. The predicted molar refractivity (Wildman–Crippen MR) is 67.3 cm³/mol. The largest absolute Gasteiger partial charge is 0.414 e. The summed E-state index contributed by atoms with van der Waals surface area (Å²) in [5, 5.41) is 0. The van der Waals surface area contributed by atoms with E-state index in [4.69, 9.17) is 4.42 Å². The molecule has 0 bridgehead atoms. The third-order valence-electron chi connectivity index (χ3n) is 2.68. The third-order valence-corrected chi connectivity index (χ3v) is 2.68. The van der Waals surface area contributed by atoms with Crippen molar-refractivity contribution in [1.82, 2.24) is 4.98 Å². The minimum Gasteiger partial charge on any atom is -0.414 e. The highest BCUT2D eigenvalue weighted by molar-refractivity contribution is 5.76. The van der Waals surface area contributed by atoms with Crippen molar-refractivity contribution < 1.29 is 8.81 Å². The van der Waals surface area contributed by atoms with E-state index in [-0.39, 0.29) is 0 Å². The molecule has 0 aliphatic carbocycles. The van der Waals surface area contributed by atoms with Crippen LogP contribution in [-0.4, -0.2) is 4.98 Å². The first-order chi connectivity index (χ1) is 8.84. The number of halogens is 1. The zero-order valence-corrected chi connectivity index (χ0v) is 9.51. The predicted octanol–water partition coefficient (Wildman–Crippen LogP) is 4.15. The Kier molecular flexibility index (Phi) is 2.65. The molecule has 0 atom stereocenters. The lowest BCUT2D eigenvalue weighted by atomic mass is 10.1. The van der Waals surface area contributed by atoms with Crippen molar-refractivity contribution in [3.8, 4) is 22.6 Å². The van der Waals surface area contributed by atoms with Gasteiger partial charge < -0.3 is 4.42 Å². The van der Waals surface area contributed by atoms with Gasteiger partial charge in [-0.15, -0.1) is 4.39 Å². The van der Waals surface area contributed by atoms with Crippen LogP contribution in [0.1, 0.15) is 0 Å². The molecule has 1 aromatic heterocycles. The molecule has 0 N–H and O–H groups in total. The van der Waals surface area contributed by atoms with Gasteiger partial charge in [0, 0.05) is 11.1 Å². The number of nitrogens with zero attached hydrogens (tertiary/aromatic N) is 1. The number of rotatable bonds is 2. The molecule has 0 fully saturated rings. The molecule has 18 heavy (non-hydrogen) atoms. The van der Waals surface area contributed by atoms with Gasteiger partial charge in [0.25, 0.3) is 0 Å². The summed E-state index contributed by atoms with van der Waals surface area (Å²) < 4.78 is 18.4. The van der Waals surface area contributed by atoms with Crippen LogP contribution < -0.4 is 0 Å². The summed E-state index contributed by atoms with van der Waals surface area (Å²) in [5.74, 6) is 0.458. The maximum absolute atomic E-state index is 13.3. The first-order valence-corrected chi connectivity index (χ1v) is 5.62. The van der Waals surface area contributed by atoms with E-state index >= 15 is 0 Å². The Balaban J connectivity index is 2.17. The smallest absolute Gasteiger partial charge is 0.382 e. The summed E-state index contributed by atoms with van der Waals surface area (Å²) in [5.41, 5.74) is 2.18. The molecule has 0 aliphatic heterocycles. The SMILES string of the molecule is Fc1nc(-c2ccccc2)c(-c2ccccc2)o1. The molecule has 2 aromatic carbocycles. The molecule has 3 heteroatoms. The van der Waals surface area contributed by atoms with E-state index in [1.165, 1.54) is 0 Å². The second-order valence-electron chi connectivity index (χ2n) is 3.88. The molecule has 88 valence electrons. The summed E-state index contributed by atoms with van der Waals surface area (Å²) in [6.07, 6.45) is -0.812. The number of oxazole rings is 1. The Hall–Kier alpha value is -2.42. The molecule has 0 saturated carbocycles. The van der Waals surface area contributed by atoms with Crippen LogP contribution in [0.5, 0.6) is 0 Å². The molecule has 2 nitrogen and oxygen atoms in total. The summed E-state index contributed by atoms with van der Waals surface area (Å²) in [6, 6.07) is 18.8. The Morgan fingerprint density at radius 2 is 1.33 bits per heavy atom. The van der Waals surface area contributed by atoms with Crippen molar-refractivity contribution >= 4 is 0 Å². The van der Waals surface area contributed by atoms with Gasteiger partial charge in [0.15, 0.2) is 5.76 Å². The van der Waals surface area contributed by atoms with E-state index < -0.39 is 6.14 Å². The summed E-state index contributed by atoms with van der Waals surface area (Å²) >= 11 is 0. The van der Waals surface area contributed by atoms with Gasteiger partial charge in [-0.25, -0.2) is 0 Å². The van der Waals surface area contributed by atoms with E-state index in [0.717, 1.165) is 11.1 Å². The van der Waals surface area contributed by atoms with Gasteiger partial charge in [0.05, 0.1) is 0 Å². The van der Waals surface area contributed by atoms with Crippen LogP contribution in [0.4, 0.5) is 4.39 Å². The Labute approximate surface area is 104 Å². The molecule has 0 radical (unpaired) electrons. The van der Waals surface area contributed by atoms with Crippen LogP contribution >= 0.6 is 0 Å². The van der Waals surface area contributed by atoms with Gasteiger partial charge in [0.2, 0.25) is 0 Å². The van der Waals surface area contributed by atoms with Crippen molar-refractivity contribution in [3.05, 3.63) is 66.8 Å². The average Bonchev–Trinajstić information content (AvgIpc) is 2.83. The van der Waals surface area contributed by atoms with Gasteiger partial charge in [-0.2, -0.15) is 4.98 Å². The minimum atomic E-state index is -0.812. The van der Waals surface area contributed by atoms with Gasteiger partial charge in [-0.05, 0) is 0 Å². The highest BCUT2D eigenvalue weighted by Gasteiger charge is 2.16. The highest BCUT2D eigenvalue weighted by atomic mass is 19.1. The summed E-state index contributed by atoms with van der Waals surface area (Å²) in [6.45, 7) is 0. The van der Waals surface area contributed by atoms with Crippen LogP contribution in [0.25, 0.3) is 22.6 Å². The molecule has 0 unspecified atom stereocenters. The first kappa shape index (κ1) is 10.7. The van der Waals surface area contributed by atoms with E-state index in [1.54, 1.807) is 0 Å². The topological polar surface area (TPSA) is 26.0 Å². The standard InChI is InChI=1S/C15H10FNO/c16-15-17-13(11-7-3-1-4-8-11)14(18-15)12-9-5-2-6-10-12/h1-10H. The normalized spacial score (nSPS) is 10.5. The van der Waals surface area contributed by atoms with Gasteiger partial charge in [-0.3, -0.25) is 0 Å². The van der Waals surface area contributed by atoms with Crippen molar-refractivity contribution in [3.63, 3.8) is 0 Å². The summed E-state index contributed by atoms with van der Waals surface area (Å²) in [4.78, 5) is 3.82. The Morgan fingerprint density at radius 1 is 0.778 bits per heavy atom. The van der Waals surface area contributed by atoms with E-state index in [1.807, 2.05) is 60.7 Å². The monoisotopic (exact) mass is 239 g/mol. The van der Waals surface area contributed by atoms with Crippen LogP contribution in [0.2, 0.25) is 0 Å². The molecule has 1 heterocycles. The lowest BCUT2D eigenvalue weighted by Crippen LogP contribution is -1.81. The first-order valence-electron chi connectivity index (χ1n) is 5.62.